The van der Waals surface area contributed by atoms with E-state index in [4.69, 9.17) is 5.73 Å². The number of hydrogen-bond donors (Lipinski definition) is 1. The summed E-state index contributed by atoms with van der Waals surface area (Å²) in [6.45, 7) is 0. The number of fused-ring (bicyclic) bond motifs is 1. The fraction of sp³-hybridized carbons (Fsp3) is 0.143. The normalized spacial score (nSPS) is 12.2. The molecule has 2 aromatic heterocycles. The number of nitrogens with two attached hydrogens (primary N) is 1. The maximum absolute atomic E-state index is 12.3. The third kappa shape index (κ3) is 1.17. The van der Waals surface area contributed by atoms with Crippen molar-refractivity contribution in [1.82, 2.24) is 14.4 Å². The molecule has 0 amide bonds. The molecule has 14 heavy (non-hydrogen) atoms. The van der Waals surface area contributed by atoms with Crippen LogP contribution in [0.25, 0.3) is 5.65 Å². The van der Waals surface area contributed by atoms with E-state index in [1.807, 2.05) is 0 Å². The molecule has 0 atom stereocenters. The summed E-state index contributed by atoms with van der Waals surface area (Å²) < 4.78 is 38.1. The Hall–Kier alpha value is -1.79. The zero-order valence-corrected chi connectivity index (χ0v) is 6.78. The van der Waals surface area contributed by atoms with Crippen molar-refractivity contribution in [3.63, 3.8) is 0 Å². The van der Waals surface area contributed by atoms with Crippen molar-refractivity contribution in [2.24, 2.45) is 0 Å². The maximum Gasteiger partial charge on any atom is 0.437 e. The minimum absolute atomic E-state index is 0.0809. The lowest BCUT2D eigenvalue weighted by molar-refractivity contribution is -0.140. The van der Waals surface area contributed by atoms with Crippen molar-refractivity contribution in [2.45, 2.75) is 6.18 Å². The summed E-state index contributed by atoms with van der Waals surface area (Å²) >= 11 is 0. The van der Waals surface area contributed by atoms with Crippen LogP contribution in [0.3, 0.4) is 0 Å². The highest BCUT2D eigenvalue weighted by molar-refractivity contribution is 5.52. The minimum atomic E-state index is -4.53. The van der Waals surface area contributed by atoms with Crippen LogP contribution >= 0.6 is 0 Å². The Labute approximate surface area is 76.2 Å². The molecule has 2 heterocycles. The van der Waals surface area contributed by atoms with Gasteiger partial charge < -0.3 is 5.73 Å². The minimum Gasteiger partial charge on any atom is -0.383 e. The molecule has 2 N–H and O–H groups in total. The van der Waals surface area contributed by atoms with Crippen LogP contribution in [0, 0.1) is 0 Å². The van der Waals surface area contributed by atoms with Gasteiger partial charge in [0.2, 0.25) is 0 Å². The Kier molecular flexibility index (Phi) is 1.63. The topological polar surface area (TPSA) is 56.2 Å². The van der Waals surface area contributed by atoms with Gasteiger partial charge in [-0.1, -0.05) is 0 Å². The number of anilines is 1. The lowest BCUT2D eigenvalue weighted by atomic mass is 10.4. The van der Waals surface area contributed by atoms with E-state index in [0.29, 0.717) is 0 Å². The molecule has 0 unspecified atom stereocenters. The number of rotatable bonds is 0. The smallest absolute Gasteiger partial charge is 0.383 e. The molecule has 7 heteroatoms. The van der Waals surface area contributed by atoms with Crippen LogP contribution in [-0.2, 0) is 6.18 Å². The summed E-state index contributed by atoms with van der Waals surface area (Å²) in [4.78, 5) is 6.98. The predicted molar refractivity (Wildman–Crippen MR) is 42.4 cm³/mol. The van der Waals surface area contributed by atoms with Gasteiger partial charge in [-0.2, -0.15) is 13.2 Å². The summed E-state index contributed by atoms with van der Waals surface area (Å²) in [6, 6.07) is 0. The summed E-state index contributed by atoms with van der Waals surface area (Å²) in [6.07, 6.45) is -0.653. The van der Waals surface area contributed by atoms with Crippen molar-refractivity contribution in [2.75, 3.05) is 5.73 Å². The van der Waals surface area contributed by atoms with Crippen LogP contribution in [0.4, 0.5) is 19.0 Å². The second-order valence-corrected chi connectivity index (χ2v) is 2.65. The number of aromatic nitrogens is 3. The van der Waals surface area contributed by atoms with E-state index < -0.39 is 17.7 Å². The predicted octanol–water partition coefficient (Wildman–Crippen LogP) is 1.33. The standard InChI is InChI=1S/C7H5F3N4/c8-7(9,10)5-6(11)14-2-1-12-3-4(14)13-5/h1-3H,11H2. The van der Waals surface area contributed by atoms with Gasteiger partial charge in [-0.05, 0) is 0 Å². The van der Waals surface area contributed by atoms with E-state index in [2.05, 4.69) is 9.97 Å². The lowest BCUT2D eigenvalue weighted by Gasteiger charge is -2.02. The molecule has 2 rings (SSSR count). The number of hydrogen-bond acceptors (Lipinski definition) is 3. The van der Waals surface area contributed by atoms with Crippen LogP contribution in [0.1, 0.15) is 5.69 Å². The van der Waals surface area contributed by atoms with Crippen LogP contribution in [0.2, 0.25) is 0 Å². The first kappa shape index (κ1) is 8.79. The number of nitrogens with zero attached hydrogens (tertiary/aromatic N) is 3. The average molecular weight is 202 g/mol. The highest BCUT2D eigenvalue weighted by atomic mass is 19.4. The van der Waals surface area contributed by atoms with Gasteiger partial charge in [-0.3, -0.25) is 9.38 Å². The zero-order chi connectivity index (χ0) is 10.3. The third-order valence-corrected chi connectivity index (χ3v) is 1.74. The van der Waals surface area contributed by atoms with E-state index in [-0.39, 0.29) is 5.65 Å². The second kappa shape index (κ2) is 2.60. The van der Waals surface area contributed by atoms with E-state index in [9.17, 15) is 13.2 Å². The lowest BCUT2D eigenvalue weighted by Crippen LogP contribution is -2.09. The summed E-state index contributed by atoms with van der Waals surface area (Å²) in [5.74, 6) is -0.421. The van der Waals surface area contributed by atoms with Gasteiger partial charge in [0.1, 0.15) is 5.82 Å². The highest BCUT2D eigenvalue weighted by Gasteiger charge is 2.37. The Morgan fingerprint density at radius 1 is 1.36 bits per heavy atom. The fourth-order valence-corrected chi connectivity index (χ4v) is 1.13. The molecule has 0 radical (unpaired) electrons. The number of alkyl halides is 3. The van der Waals surface area contributed by atoms with Gasteiger partial charge in [0.25, 0.3) is 0 Å². The molecule has 4 nitrogen and oxygen atoms in total. The average Bonchev–Trinajstić information content (AvgIpc) is 2.44. The third-order valence-electron chi connectivity index (χ3n) is 1.74. The molecular formula is C7H5F3N4. The van der Waals surface area contributed by atoms with Crippen molar-refractivity contribution >= 4 is 11.5 Å². The Balaban J connectivity index is 2.75. The highest BCUT2D eigenvalue weighted by Crippen LogP contribution is 2.32. The van der Waals surface area contributed by atoms with Crippen LogP contribution < -0.4 is 5.73 Å². The number of imidazole rings is 1. The van der Waals surface area contributed by atoms with Crippen molar-refractivity contribution in [1.29, 1.82) is 0 Å². The summed E-state index contributed by atoms with van der Waals surface area (Å²) in [5, 5.41) is 0. The van der Waals surface area contributed by atoms with Crippen LogP contribution in [-0.4, -0.2) is 14.4 Å². The van der Waals surface area contributed by atoms with E-state index in [1.54, 1.807) is 0 Å². The first-order valence-corrected chi connectivity index (χ1v) is 3.65. The molecule has 74 valence electrons. The zero-order valence-electron chi connectivity index (χ0n) is 6.78. The van der Waals surface area contributed by atoms with Gasteiger partial charge in [0, 0.05) is 12.4 Å². The van der Waals surface area contributed by atoms with E-state index >= 15 is 0 Å². The summed E-state index contributed by atoms with van der Waals surface area (Å²) in [5.41, 5.74) is 4.28. The van der Waals surface area contributed by atoms with E-state index in [0.717, 1.165) is 4.40 Å². The SMILES string of the molecule is Nc1c(C(F)(F)F)nc2cnccn12. The molecular weight excluding hydrogens is 197 g/mol. The van der Waals surface area contributed by atoms with Gasteiger partial charge in [0.15, 0.2) is 11.3 Å². The molecule has 0 aliphatic rings. The Bertz CT molecular complexity index is 473. The van der Waals surface area contributed by atoms with Crippen molar-refractivity contribution < 1.29 is 13.2 Å². The molecule has 0 aromatic carbocycles. The first-order valence-electron chi connectivity index (χ1n) is 3.65. The van der Waals surface area contributed by atoms with Gasteiger partial charge in [0.05, 0.1) is 6.20 Å². The van der Waals surface area contributed by atoms with Crippen LogP contribution in [0.5, 0.6) is 0 Å². The molecule has 0 spiro atoms. The maximum atomic E-state index is 12.3. The monoisotopic (exact) mass is 202 g/mol. The van der Waals surface area contributed by atoms with Crippen molar-refractivity contribution in [3.8, 4) is 0 Å². The molecule has 0 aliphatic heterocycles. The number of nitrogen functional groups attached to an aromatic ring is 1. The molecule has 0 saturated heterocycles. The molecule has 0 saturated carbocycles. The quantitative estimate of drug-likeness (QED) is 0.701. The van der Waals surface area contributed by atoms with Gasteiger partial charge in [-0.25, -0.2) is 4.98 Å². The second-order valence-electron chi connectivity index (χ2n) is 2.65. The summed E-state index contributed by atoms with van der Waals surface area (Å²) in [7, 11) is 0. The van der Waals surface area contributed by atoms with Gasteiger partial charge in [-0.15, -0.1) is 0 Å². The first-order chi connectivity index (χ1) is 6.50. The Morgan fingerprint density at radius 3 is 2.64 bits per heavy atom. The molecule has 2 aromatic rings. The largest absolute Gasteiger partial charge is 0.437 e. The van der Waals surface area contributed by atoms with E-state index in [1.165, 1.54) is 18.6 Å². The molecule has 0 bridgehead atoms. The van der Waals surface area contributed by atoms with Gasteiger partial charge >= 0.3 is 6.18 Å². The number of halogens is 3. The fourth-order valence-electron chi connectivity index (χ4n) is 1.13. The molecule has 0 fully saturated rings. The van der Waals surface area contributed by atoms with Crippen molar-refractivity contribution in [3.05, 3.63) is 24.3 Å². The van der Waals surface area contributed by atoms with Crippen LogP contribution in [0.15, 0.2) is 18.6 Å². The molecule has 0 aliphatic carbocycles. The Morgan fingerprint density at radius 2 is 2.07 bits per heavy atom.